The second kappa shape index (κ2) is 14.0. The van der Waals surface area contributed by atoms with Gasteiger partial charge < -0.3 is 23.8 Å². The Labute approximate surface area is 287 Å². The molecule has 3 unspecified atom stereocenters. The van der Waals surface area contributed by atoms with Gasteiger partial charge in [0, 0.05) is 35.9 Å². The number of imide groups is 2. The molecule has 0 saturated carbocycles. The largest absolute Gasteiger partial charge is 0.465 e. The van der Waals surface area contributed by atoms with Gasteiger partial charge in [-0.1, -0.05) is 38.1 Å². The molecule has 50 heavy (non-hydrogen) atoms. The summed E-state index contributed by atoms with van der Waals surface area (Å²) >= 11 is 0. The number of aromatic nitrogens is 2. The SMILES string of the molecule is CCC1OC(n2cc(CN3C(=O)c4ccccc4C3=O)c(C(=O)OC)c2)CC1C.COC(=O)c1c[nH]cc1CN1C(=O)c2ccccc2C1=O. The minimum atomic E-state index is -0.511. The molecule has 0 spiro atoms. The van der Waals surface area contributed by atoms with Crippen molar-refractivity contribution in [3.8, 4) is 0 Å². The summed E-state index contributed by atoms with van der Waals surface area (Å²) in [5, 5.41) is 0. The van der Waals surface area contributed by atoms with Crippen molar-refractivity contribution in [3.05, 3.63) is 118 Å². The molecular formula is C37H36N4O9. The van der Waals surface area contributed by atoms with Crippen LogP contribution in [0.3, 0.4) is 0 Å². The number of amides is 4. The van der Waals surface area contributed by atoms with E-state index < -0.39 is 11.9 Å². The van der Waals surface area contributed by atoms with Crippen molar-refractivity contribution in [2.45, 2.75) is 52.1 Å². The number of aromatic amines is 1. The fraction of sp³-hybridized carbons (Fsp3) is 0.297. The average molecular weight is 681 g/mol. The van der Waals surface area contributed by atoms with Crippen molar-refractivity contribution in [1.29, 1.82) is 0 Å². The number of methoxy groups -OCH3 is 2. The van der Waals surface area contributed by atoms with Crippen molar-refractivity contribution in [1.82, 2.24) is 19.4 Å². The number of carbonyl (C=O) groups is 6. The first-order chi connectivity index (χ1) is 24.1. The van der Waals surface area contributed by atoms with Gasteiger partial charge in [0.05, 0.1) is 66.8 Å². The molecule has 1 saturated heterocycles. The van der Waals surface area contributed by atoms with E-state index >= 15 is 0 Å². The minimum absolute atomic E-state index is 0.00323. The molecule has 4 aromatic rings. The van der Waals surface area contributed by atoms with E-state index in [9.17, 15) is 28.8 Å². The van der Waals surface area contributed by atoms with Crippen LogP contribution in [0.5, 0.6) is 0 Å². The zero-order chi connectivity index (χ0) is 35.7. The zero-order valence-corrected chi connectivity index (χ0v) is 28.0. The number of rotatable bonds is 8. The maximum Gasteiger partial charge on any atom is 0.339 e. The minimum Gasteiger partial charge on any atom is -0.465 e. The Bertz CT molecular complexity index is 1940. The molecule has 7 rings (SSSR count). The van der Waals surface area contributed by atoms with E-state index in [1.165, 1.54) is 25.3 Å². The standard InChI is InChI=1S/C22H24N2O5.C15H12N2O4/c1-4-18-13(2)9-19(29-18)23-10-14(17(12-23)22(27)28-3)11-24-20(25)15-7-5-6-8-16(15)21(24)26;1-21-15(20)12-7-16-6-9(12)8-17-13(18)10-4-2-3-5-11(10)14(17)19/h5-8,10,12-13,18-19H,4,9,11H2,1-3H3;2-7,16H,8H2,1H3. The predicted octanol–water partition coefficient (Wildman–Crippen LogP) is 5.00. The highest BCUT2D eigenvalue weighted by Crippen LogP contribution is 2.36. The lowest BCUT2D eigenvalue weighted by atomic mass is 10.0. The van der Waals surface area contributed by atoms with Crippen LogP contribution in [0.1, 0.15) is 106 Å². The first kappa shape index (κ1) is 34.1. The summed E-state index contributed by atoms with van der Waals surface area (Å²) < 4.78 is 17.6. The van der Waals surface area contributed by atoms with Crippen LogP contribution in [0, 0.1) is 5.92 Å². The summed E-state index contributed by atoms with van der Waals surface area (Å²) in [6.45, 7) is 4.27. The van der Waals surface area contributed by atoms with Crippen LogP contribution in [0.15, 0.2) is 73.3 Å². The van der Waals surface area contributed by atoms with Gasteiger partial charge in [0.2, 0.25) is 0 Å². The molecule has 1 N–H and O–H groups in total. The fourth-order valence-corrected chi connectivity index (χ4v) is 6.59. The van der Waals surface area contributed by atoms with Gasteiger partial charge in [-0.3, -0.25) is 29.0 Å². The highest BCUT2D eigenvalue weighted by Gasteiger charge is 2.38. The number of hydrogen-bond acceptors (Lipinski definition) is 9. The quantitative estimate of drug-likeness (QED) is 0.200. The van der Waals surface area contributed by atoms with Gasteiger partial charge in [0.15, 0.2) is 0 Å². The van der Waals surface area contributed by atoms with Crippen LogP contribution in [-0.4, -0.2) is 75.2 Å². The third-order valence-electron chi connectivity index (χ3n) is 9.26. The van der Waals surface area contributed by atoms with Gasteiger partial charge in [-0.05, 0) is 43.0 Å². The van der Waals surface area contributed by atoms with E-state index in [1.54, 1.807) is 67.1 Å². The molecule has 1 fully saturated rings. The van der Waals surface area contributed by atoms with E-state index in [-0.39, 0.29) is 49.1 Å². The molecule has 5 heterocycles. The molecule has 13 heteroatoms. The monoisotopic (exact) mass is 680 g/mol. The van der Waals surface area contributed by atoms with Crippen molar-refractivity contribution < 1.29 is 43.0 Å². The van der Waals surface area contributed by atoms with E-state index in [0.29, 0.717) is 50.4 Å². The molecule has 3 atom stereocenters. The van der Waals surface area contributed by atoms with Gasteiger partial charge >= 0.3 is 11.9 Å². The Balaban J connectivity index is 0.000000182. The summed E-state index contributed by atoms with van der Waals surface area (Å²) in [7, 11) is 2.59. The van der Waals surface area contributed by atoms with Crippen molar-refractivity contribution in [2.75, 3.05) is 14.2 Å². The molecule has 0 radical (unpaired) electrons. The van der Waals surface area contributed by atoms with Gasteiger partial charge in [0.1, 0.15) is 6.23 Å². The summed E-state index contributed by atoms with van der Waals surface area (Å²) in [5.74, 6) is -2.03. The Morgan fingerprint density at radius 1 is 0.740 bits per heavy atom. The first-order valence-corrected chi connectivity index (χ1v) is 16.2. The number of carbonyl (C=O) groups excluding carboxylic acids is 6. The van der Waals surface area contributed by atoms with Crippen molar-refractivity contribution in [2.24, 2.45) is 5.92 Å². The third-order valence-corrected chi connectivity index (χ3v) is 9.26. The average Bonchev–Trinajstić information content (AvgIpc) is 3.95. The van der Waals surface area contributed by atoms with Crippen LogP contribution in [0.4, 0.5) is 0 Å². The van der Waals surface area contributed by atoms with Crippen LogP contribution < -0.4 is 0 Å². The normalized spacial score (nSPS) is 19.3. The smallest absolute Gasteiger partial charge is 0.339 e. The van der Waals surface area contributed by atoms with Crippen molar-refractivity contribution in [3.63, 3.8) is 0 Å². The molecule has 4 amide bonds. The molecule has 2 aromatic heterocycles. The van der Waals surface area contributed by atoms with Gasteiger partial charge in [0.25, 0.3) is 23.6 Å². The highest BCUT2D eigenvalue weighted by atomic mass is 16.5. The Kier molecular flexibility index (Phi) is 9.51. The topological polar surface area (TPSA) is 157 Å². The Hall–Kier alpha value is -5.82. The Morgan fingerprint density at radius 3 is 1.68 bits per heavy atom. The number of fused-ring (bicyclic) bond motifs is 2. The first-order valence-electron chi connectivity index (χ1n) is 16.2. The van der Waals surface area contributed by atoms with Crippen LogP contribution >= 0.6 is 0 Å². The molecular weight excluding hydrogens is 644 g/mol. The van der Waals surface area contributed by atoms with Crippen LogP contribution in [0.2, 0.25) is 0 Å². The molecule has 2 aromatic carbocycles. The number of H-pyrrole nitrogens is 1. The maximum absolute atomic E-state index is 12.7. The molecule has 3 aliphatic heterocycles. The Morgan fingerprint density at radius 2 is 1.22 bits per heavy atom. The van der Waals surface area contributed by atoms with Gasteiger partial charge in [-0.2, -0.15) is 0 Å². The van der Waals surface area contributed by atoms with Gasteiger partial charge in [-0.25, -0.2) is 9.59 Å². The number of benzene rings is 2. The number of nitrogens with zero attached hydrogens (tertiary/aromatic N) is 3. The van der Waals surface area contributed by atoms with Crippen LogP contribution in [-0.2, 0) is 27.3 Å². The zero-order valence-electron chi connectivity index (χ0n) is 28.0. The molecule has 0 aliphatic carbocycles. The molecule has 0 bridgehead atoms. The summed E-state index contributed by atoms with van der Waals surface area (Å²) in [6, 6.07) is 13.4. The number of ether oxygens (including phenoxy) is 3. The van der Waals surface area contributed by atoms with Crippen molar-refractivity contribution >= 4 is 35.6 Å². The number of hydrogen-bond donors (Lipinski definition) is 1. The van der Waals surface area contributed by atoms with Gasteiger partial charge in [-0.15, -0.1) is 0 Å². The highest BCUT2D eigenvalue weighted by molar-refractivity contribution is 6.22. The van der Waals surface area contributed by atoms with E-state index in [2.05, 4.69) is 23.6 Å². The van der Waals surface area contributed by atoms with E-state index in [0.717, 1.165) is 17.7 Å². The maximum atomic E-state index is 12.7. The predicted molar refractivity (Wildman–Crippen MR) is 177 cm³/mol. The van der Waals surface area contributed by atoms with E-state index in [1.807, 2.05) is 4.57 Å². The number of esters is 2. The lowest BCUT2D eigenvalue weighted by Gasteiger charge is -2.15. The second-order valence-corrected chi connectivity index (χ2v) is 12.3. The second-order valence-electron chi connectivity index (χ2n) is 12.3. The van der Waals surface area contributed by atoms with Crippen LogP contribution in [0.25, 0.3) is 0 Å². The van der Waals surface area contributed by atoms with E-state index in [4.69, 9.17) is 9.47 Å². The molecule has 13 nitrogen and oxygen atoms in total. The fourth-order valence-electron chi connectivity index (χ4n) is 6.59. The summed E-state index contributed by atoms with van der Waals surface area (Å²) in [6.07, 6.45) is 8.28. The third kappa shape index (κ3) is 6.11. The summed E-state index contributed by atoms with van der Waals surface area (Å²) in [4.78, 5) is 79.0. The lowest BCUT2D eigenvalue weighted by molar-refractivity contribution is -0.00485. The number of nitrogens with one attached hydrogen (secondary N) is 1. The molecule has 258 valence electrons. The lowest BCUT2D eigenvalue weighted by Crippen LogP contribution is -2.29. The summed E-state index contributed by atoms with van der Waals surface area (Å²) in [5.41, 5.74) is 3.29. The molecule has 3 aliphatic rings.